The molecule has 1 aliphatic rings. The number of hydrazone groups is 1. The van der Waals surface area contributed by atoms with Crippen molar-refractivity contribution in [1.82, 2.24) is 15.5 Å². The average Bonchev–Trinajstić information content (AvgIpc) is 2.42. The molecule has 9 nitrogen and oxygen atoms in total. The van der Waals surface area contributed by atoms with Crippen molar-refractivity contribution in [3.63, 3.8) is 0 Å². The molecular weight excluding hydrogens is 300 g/mol. The summed E-state index contributed by atoms with van der Waals surface area (Å²) in [5.74, 6) is -3.15. The van der Waals surface area contributed by atoms with Crippen molar-refractivity contribution in [3.8, 4) is 0 Å². The molecule has 0 atom stereocenters. The summed E-state index contributed by atoms with van der Waals surface area (Å²) >= 11 is 0. The van der Waals surface area contributed by atoms with E-state index < -0.39 is 33.8 Å². The minimum absolute atomic E-state index is 0.0186. The molecule has 0 saturated carbocycles. The van der Waals surface area contributed by atoms with Gasteiger partial charge in [-0.3, -0.25) is 20.2 Å². The minimum atomic E-state index is -3.89. The third-order valence-corrected chi connectivity index (χ3v) is 3.73. The van der Waals surface area contributed by atoms with Crippen LogP contribution in [-0.2, 0) is 19.6 Å². The largest absolute Gasteiger partial charge is 0.328 e. The Balaban J connectivity index is 2.07. The van der Waals surface area contributed by atoms with Crippen LogP contribution in [0.3, 0.4) is 0 Å². The van der Waals surface area contributed by atoms with Crippen LogP contribution in [0.2, 0.25) is 0 Å². The van der Waals surface area contributed by atoms with Crippen LogP contribution in [0, 0.1) is 5.92 Å². The Kier molecular flexibility index (Phi) is 3.98. The fourth-order valence-corrected chi connectivity index (χ4v) is 2.31. The number of urea groups is 1. The van der Waals surface area contributed by atoms with E-state index in [4.69, 9.17) is 0 Å². The molecule has 0 radical (unpaired) electrons. The average molecular weight is 310 g/mol. The zero-order chi connectivity index (χ0) is 15.5. The maximum Gasteiger partial charge on any atom is 0.328 e. The number of imide groups is 2. The number of hydrogen-bond donors (Lipinski definition) is 3. The van der Waals surface area contributed by atoms with Crippen molar-refractivity contribution >= 4 is 34.1 Å². The molecule has 21 heavy (non-hydrogen) atoms. The van der Waals surface area contributed by atoms with Gasteiger partial charge in [0.2, 0.25) is 11.8 Å². The fourth-order valence-electron chi connectivity index (χ4n) is 1.49. The number of hydrogen-bond acceptors (Lipinski definition) is 6. The Labute approximate surface area is 119 Å². The third-order valence-electron chi connectivity index (χ3n) is 2.49. The van der Waals surface area contributed by atoms with Crippen LogP contribution in [0.25, 0.3) is 0 Å². The summed E-state index contributed by atoms with van der Waals surface area (Å²) < 4.78 is 23.6. The van der Waals surface area contributed by atoms with E-state index >= 15 is 0 Å². The predicted molar refractivity (Wildman–Crippen MR) is 70.4 cm³/mol. The van der Waals surface area contributed by atoms with E-state index in [9.17, 15) is 22.8 Å². The lowest BCUT2D eigenvalue weighted by Gasteiger charge is -2.16. The fraction of sp³-hybridized carbons (Fsp3) is 0.0909. The summed E-state index contributed by atoms with van der Waals surface area (Å²) in [5.41, 5.74) is 0. The summed E-state index contributed by atoms with van der Waals surface area (Å²) in [6, 6.07) is 6.50. The van der Waals surface area contributed by atoms with Gasteiger partial charge < -0.3 is 0 Å². The topological polar surface area (TPSA) is 134 Å². The Bertz CT molecular complexity index is 693. The van der Waals surface area contributed by atoms with Crippen LogP contribution in [0.5, 0.6) is 0 Å². The molecule has 1 aromatic carbocycles. The lowest BCUT2D eigenvalue weighted by atomic mass is 10.1. The molecule has 0 bridgehead atoms. The molecule has 3 N–H and O–H groups in total. The first kappa shape index (κ1) is 14.7. The van der Waals surface area contributed by atoms with E-state index in [0.717, 1.165) is 6.21 Å². The molecule has 2 rings (SSSR count). The lowest BCUT2D eigenvalue weighted by molar-refractivity contribution is -0.132. The van der Waals surface area contributed by atoms with Gasteiger partial charge >= 0.3 is 6.03 Å². The van der Waals surface area contributed by atoms with Crippen molar-refractivity contribution in [2.75, 3.05) is 0 Å². The molecule has 0 unspecified atom stereocenters. The first-order valence-electron chi connectivity index (χ1n) is 5.66. The lowest BCUT2D eigenvalue weighted by Crippen LogP contribution is -2.56. The summed E-state index contributed by atoms with van der Waals surface area (Å²) in [6.07, 6.45) is 0.803. The summed E-state index contributed by atoms with van der Waals surface area (Å²) in [5, 5.41) is 7.09. The van der Waals surface area contributed by atoms with Gasteiger partial charge in [0.15, 0.2) is 5.92 Å². The van der Waals surface area contributed by atoms with Crippen LogP contribution in [0.1, 0.15) is 0 Å². The van der Waals surface area contributed by atoms with Crippen molar-refractivity contribution < 1.29 is 22.8 Å². The van der Waals surface area contributed by atoms with Crippen LogP contribution in [-0.4, -0.2) is 32.5 Å². The number of barbiturate groups is 1. The molecule has 1 saturated heterocycles. The second-order valence-electron chi connectivity index (χ2n) is 3.97. The van der Waals surface area contributed by atoms with Gasteiger partial charge in [-0.05, 0) is 12.1 Å². The highest BCUT2D eigenvalue weighted by molar-refractivity contribution is 7.89. The number of benzene rings is 1. The van der Waals surface area contributed by atoms with Gasteiger partial charge in [0, 0.05) is 6.21 Å². The van der Waals surface area contributed by atoms with Crippen molar-refractivity contribution in [2.45, 2.75) is 4.90 Å². The number of carbonyl (C=O) groups is 3. The number of nitrogens with one attached hydrogen (secondary N) is 3. The molecule has 0 aromatic heterocycles. The first-order chi connectivity index (χ1) is 9.90. The highest BCUT2D eigenvalue weighted by atomic mass is 32.2. The smallest absolute Gasteiger partial charge is 0.277 e. The van der Waals surface area contributed by atoms with E-state index in [1.165, 1.54) is 24.3 Å². The van der Waals surface area contributed by atoms with E-state index in [-0.39, 0.29) is 4.90 Å². The van der Waals surface area contributed by atoms with Gasteiger partial charge in [-0.2, -0.15) is 13.5 Å². The monoisotopic (exact) mass is 310 g/mol. The Morgan fingerprint density at radius 1 is 1.05 bits per heavy atom. The number of carbonyl (C=O) groups excluding carboxylic acids is 3. The quantitative estimate of drug-likeness (QED) is 0.370. The van der Waals surface area contributed by atoms with E-state index in [2.05, 4.69) is 5.10 Å². The summed E-state index contributed by atoms with van der Waals surface area (Å²) in [7, 11) is -3.89. The molecule has 0 aliphatic carbocycles. The standard InChI is InChI=1S/C11H10N4O5S/c16-9-8(10(17)14-11(18)13-9)6-12-15-21(19,20)7-4-2-1-3-5-7/h1-6,8,15H,(H2,13,14,16,17,18)/b12-6+. The van der Waals surface area contributed by atoms with Crippen LogP contribution < -0.4 is 15.5 Å². The van der Waals surface area contributed by atoms with Crippen LogP contribution in [0.4, 0.5) is 4.79 Å². The zero-order valence-electron chi connectivity index (χ0n) is 10.4. The Hall–Kier alpha value is -2.75. The molecular formula is C11H10N4O5S. The van der Waals surface area contributed by atoms with Gasteiger partial charge in [0.25, 0.3) is 10.0 Å². The Morgan fingerprint density at radius 2 is 1.62 bits per heavy atom. The van der Waals surface area contributed by atoms with E-state index in [0.29, 0.717) is 0 Å². The molecule has 1 aliphatic heterocycles. The van der Waals surface area contributed by atoms with Crippen molar-refractivity contribution in [3.05, 3.63) is 30.3 Å². The highest BCUT2D eigenvalue weighted by Gasteiger charge is 2.32. The normalized spacial score (nSPS) is 16.7. The molecule has 1 heterocycles. The molecule has 10 heteroatoms. The Morgan fingerprint density at radius 3 is 2.19 bits per heavy atom. The number of amides is 4. The van der Waals surface area contributed by atoms with Gasteiger partial charge in [0.05, 0.1) is 4.90 Å². The molecule has 110 valence electrons. The third kappa shape index (κ3) is 3.42. The SMILES string of the molecule is O=C1NC(=O)C(/C=N/NS(=O)(=O)c2ccccc2)C(=O)N1. The maximum atomic E-state index is 11.8. The number of sulfonamides is 1. The van der Waals surface area contributed by atoms with Crippen LogP contribution >= 0.6 is 0 Å². The van der Waals surface area contributed by atoms with Gasteiger partial charge in [-0.1, -0.05) is 18.2 Å². The summed E-state index contributed by atoms with van der Waals surface area (Å²) in [4.78, 5) is 35.4. The van der Waals surface area contributed by atoms with Crippen LogP contribution in [0.15, 0.2) is 40.3 Å². The number of rotatable bonds is 4. The highest BCUT2D eigenvalue weighted by Crippen LogP contribution is 2.07. The van der Waals surface area contributed by atoms with E-state index in [1.54, 1.807) is 6.07 Å². The second kappa shape index (κ2) is 5.71. The van der Waals surface area contributed by atoms with Crippen molar-refractivity contribution in [2.24, 2.45) is 11.0 Å². The number of nitrogens with zero attached hydrogens (tertiary/aromatic N) is 1. The second-order valence-corrected chi connectivity index (χ2v) is 5.63. The molecule has 4 amide bonds. The predicted octanol–water partition coefficient (Wildman–Crippen LogP) is -1.07. The van der Waals surface area contributed by atoms with Crippen molar-refractivity contribution in [1.29, 1.82) is 0 Å². The molecule has 0 spiro atoms. The van der Waals surface area contributed by atoms with Gasteiger partial charge in [-0.15, -0.1) is 0 Å². The minimum Gasteiger partial charge on any atom is -0.277 e. The van der Waals surface area contributed by atoms with E-state index in [1.807, 2.05) is 15.5 Å². The summed E-state index contributed by atoms with van der Waals surface area (Å²) in [6.45, 7) is 0. The van der Waals surface area contributed by atoms with Gasteiger partial charge in [-0.25, -0.2) is 9.63 Å². The maximum absolute atomic E-state index is 11.8. The zero-order valence-corrected chi connectivity index (χ0v) is 11.3. The first-order valence-corrected chi connectivity index (χ1v) is 7.14. The molecule has 1 aromatic rings. The molecule has 1 fully saturated rings. The van der Waals surface area contributed by atoms with Gasteiger partial charge in [0.1, 0.15) is 0 Å².